The average Bonchev–Trinajstić information content (AvgIpc) is 2.83. The van der Waals surface area contributed by atoms with Gasteiger partial charge in [-0.3, -0.25) is 4.57 Å². The van der Waals surface area contributed by atoms with Crippen LogP contribution in [-0.2, 0) is 16.9 Å². The quantitative estimate of drug-likeness (QED) is 0.908. The molecule has 2 N–H and O–H groups in total. The molecule has 102 valence electrons. The van der Waals surface area contributed by atoms with E-state index in [-0.39, 0.29) is 5.95 Å². The highest BCUT2D eigenvalue weighted by molar-refractivity contribution is 5.55. The van der Waals surface area contributed by atoms with Crippen molar-refractivity contribution in [3.8, 4) is 11.4 Å². The highest BCUT2D eigenvalue weighted by Crippen LogP contribution is 2.27. The SMILES string of the molecule is CCc1ncc(-c2ccnc(N)n2)n1C(C)(C)OC. The van der Waals surface area contributed by atoms with Gasteiger partial charge in [0.25, 0.3) is 0 Å². The zero-order valence-electron chi connectivity index (χ0n) is 11.7. The van der Waals surface area contributed by atoms with Crippen LogP contribution in [0.15, 0.2) is 18.5 Å². The molecule has 0 saturated carbocycles. The maximum Gasteiger partial charge on any atom is 0.220 e. The van der Waals surface area contributed by atoms with Gasteiger partial charge in [-0.25, -0.2) is 15.0 Å². The standard InChI is InChI=1S/C13H19N5O/c1-5-11-16-8-10(18(11)13(2,3)19-4)9-6-7-15-12(14)17-9/h6-8H,5H2,1-4H3,(H2,14,15,17). The van der Waals surface area contributed by atoms with Crippen LogP contribution in [0.1, 0.15) is 26.6 Å². The molecular weight excluding hydrogens is 242 g/mol. The third-order valence-electron chi connectivity index (χ3n) is 3.13. The molecule has 0 saturated heterocycles. The van der Waals surface area contributed by atoms with E-state index in [0.717, 1.165) is 23.6 Å². The van der Waals surface area contributed by atoms with E-state index >= 15 is 0 Å². The molecule has 0 aliphatic rings. The molecule has 6 nitrogen and oxygen atoms in total. The molecular formula is C13H19N5O. The lowest BCUT2D eigenvalue weighted by Crippen LogP contribution is -2.30. The van der Waals surface area contributed by atoms with Crippen molar-refractivity contribution >= 4 is 5.95 Å². The minimum atomic E-state index is -0.503. The van der Waals surface area contributed by atoms with Crippen molar-refractivity contribution in [2.45, 2.75) is 32.9 Å². The van der Waals surface area contributed by atoms with Crippen LogP contribution in [0.5, 0.6) is 0 Å². The van der Waals surface area contributed by atoms with Crippen LogP contribution in [0.2, 0.25) is 0 Å². The van der Waals surface area contributed by atoms with E-state index in [2.05, 4.69) is 21.9 Å². The number of aromatic nitrogens is 4. The summed E-state index contributed by atoms with van der Waals surface area (Å²) < 4.78 is 7.60. The van der Waals surface area contributed by atoms with Gasteiger partial charge in [-0.1, -0.05) is 6.92 Å². The lowest BCUT2D eigenvalue weighted by atomic mass is 10.2. The van der Waals surface area contributed by atoms with Crippen molar-refractivity contribution in [3.05, 3.63) is 24.3 Å². The van der Waals surface area contributed by atoms with Gasteiger partial charge in [0.2, 0.25) is 5.95 Å². The van der Waals surface area contributed by atoms with Gasteiger partial charge in [-0.15, -0.1) is 0 Å². The van der Waals surface area contributed by atoms with Crippen LogP contribution in [0, 0.1) is 0 Å². The van der Waals surface area contributed by atoms with Gasteiger partial charge >= 0.3 is 0 Å². The summed E-state index contributed by atoms with van der Waals surface area (Å²) in [5, 5.41) is 0. The molecule has 2 aromatic rings. The molecule has 6 heteroatoms. The molecule has 0 spiro atoms. The molecule has 2 rings (SSSR count). The number of ether oxygens (including phenoxy) is 1. The monoisotopic (exact) mass is 261 g/mol. The molecule has 2 heterocycles. The topological polar surface area (TPSA) is 78.9 Å². The van der Waals surface area contributed by atoms with Gasteiger partial charge in [0.1, 0.15) is 11.5 Å². The van der Waals surface area contributed by atoms with E-state index < -0.39 is 5.72 Å². The summed E-state index contributed by atoms with van der Waals surface area (Å²) in [5.41, 5.74) is 6.75. The summed E-state index contributed by atoms with van der Waals surface area (Å²) in [6.45, 7) is 6.03. The number of rotatable bonds is 4. The van der Waals surface area contributed by atoms with Crippen molar-refractivity contribution in [2.75, 3.05) is 12.8 Å². The number of imidazole rings is 1. The first-order valence-corrected chi connectivity index (χ1v) is 6.20. The fraction of sp³-hybridized carbons (Fsp3) is 0.462. The van der Waals surface area contributed by atoms with Gasteiger partial charge in [0.15, 0.2) is 0 Å². The molecule has 0 aliphatic carbocycles. The normalized spacial score (nSPS) is 11.8. The second-order valence-corrected chi connectivity index (χ2v) is 4.70. The van der Waals surface area contributed by atoms with Crippen LogP contribution in [0.25, 0.3) is 11.4 Å². The summed E-state index contributed by atoms with van der Waals surface area (Å²) in [6.07, 6.45) is 4.25. The van der Waals surface area contributed by atoms with Crippen molar-refractivity contribution < 1.29 is 4.74 Å². The molecule has 0 radical (unpaired) electrons. The predicted molar refractivity (Wildman–Crippen MR) is 73.4 cm³/mol. The van der Waals surface area contributed by atoms with Crippen LogP contribution in [0.3, 0.4) is 0 Å². The van der Waals surface area contributed by atoms with Crippen LogP contribution >= 0.6 is 0 Å². The number of nitrogens with zero attached hydrogens (tertiary/aromatic N) is 4. The Labute approximate surface area is 112 Å². The average molecular weight is 261 g/mol. The first kappa shape index (κ1) is 13.5. The van der Waals surface area contributed by atoms with E-state index in [0.29, 0.717) is 0 Å². The third kappa shape index (κ3) is 2.44. The minimum Gasteiger partial charge on any atom is -0.368 e. The number of anilines is 1. The molecule has 0 bridgehead atoms. The Morgan fingerprint density at radius 1 is 1.37 bits per heavy atom. The number of aryl methyl sites for hydroxylation is 1. The third-order valence-corrected chi connectivity index (χ3v) is 3.13. The zero-order valence-corrected chi connectivity index (χ0v) is 11.7. The van der Waals surface area contributed by atoms with E-state index in [1.54, 1.807) is 19.5 Å². The van der Waals surface area contributed by atoms with Crippen LogP contribution < -0.4 is 5.73 Å². The summed E-state index contributed by atoms with van der Waals surface area (Å²) >= 11 is 0. The zero-order chi connectivity index (χ0) is 14.0. The predicted octanol–water partition coefficient (Wildman–Crippen LogP) is 1.82. The highest BCUT2D eigenvalue weighted by Gasteiger charge is 2.26. The minimum absolute atomic E-state index is 0.249. The van der Waals surface area contributed by atoms with Gasteiger partial charge in [0, 0.05) is 19.7 Å². The van der Waals surface area contributed by atoms with Crippen molar-refractivity contribution in [1.82, 2.24) is 19.5 Å². The lowest BCUT2D eigenvalue weighted by Gasteiger charge is -2.28. The van der Waals surface area contributed by atoms with Gasteiger partial charge in [-0.2, -0.15) is 0 Å². The maximum absolute atomic E-state index is 5.64. The molecule has 2 aromatic heterocycles. The van der Waals surface area contributed by atoms with E-state index in [9.17, 15) is 0 Å². The number of hydrogen-bond acceptors (Lipinski definition) is 5. The van der Waals surface area contributed by atoms with Crippen molar-refractivity contribution in [2.24, 2.45) is 0 Å². The largest absolute Gasteiger partial charge is 0.368 e. The van der Waals surface area contributed by atoms with Gasteiger partial charge in [0.05, 0.1) is 17.6 Å². The first-order valence-electron chi connectivity index (χ1n) is 6.20. The van der Waals surface area contributed by atoms with Crippen molar-refractivity contribution in [3.63, 3.8) is 0 Å². The Morgan fingerprint density at radius 3 is 2.68 bits per heavy atom. The fourth-order valence-corrected chi connectivity index (χ4v) is 2.03. The highest BCUT2D eigenvalue weighted by atomic mass is 16.5. The smallest absolute Gasteiger partial charge is 0.220 e. The molecule has 19 heavy (non-hydrogen) atoms. The summed E-state index contributed by atoms with van der Waals surface area (Å²) in [6, 6.07) is 1.81. The second kappa shape index (κ2) is 4.97. The Kier molecular flexibility index (Phi) is 3.53. The number of methoxy groups -OCH3 is 1. The number of nitrogen functional groups attached to an aromatic ring is 1. The van der Waals surface area contributed by atoms with Gasteiger partial charge < -0.3 is 10.5 Å². The van der Waals surface area contributed by atoms with E-state index in [4.69, 9.17) is 10.5 Å². The Bertz CT molecular complexity index is 576. The fourth-order valence-electron chi connectivity index (χ4n) is 2.03. The molecule has 0 atom stereocenters. The Balaban J connectivity index is 2.62. The molecule has 0 aromatic carbocycles. The lowest BCUT2D eigenvalue weighted by molar-refractivity contribution is -0.0457. The maximum atomic E-state index is 5.64. The van der Waals surface area contributed by atoms with E-state index in [1.807, 2.05) is 24.5 Å². The summed E-state index contributed by atoms with van der Waals surface area (Å²) in [5.74, 6) is 1.19. The van der Waals surface area contributed by atoms with E-state index in [1.165, 1.54) is 0 Å². The summed E-state index contributed by atoms with van der Waals surface area (Å²) in [4.78, 5) is 12.6. The van der Waals surface area contributed by atoms with Gasteiger partial charge in [-0.05, 0) is 19.9 Å². The molecule has 0 aliphatic heterocycles. The number of hydrogen-bond donors (Lipinski definition) is 1. The second-order valence-electron chi connectivity index (χ2n) is 4.70. The van der Waals surface area contributed by atoms with Crippen LogP contribution in [-0.4, -0.2) is 26.6 Å². The Morgan fingerprint density at radius 2 is 2.11 bits per heavy atom. The summed E-state index contributed by atoms with van der Waals surface area (Å²) in [7, 11) is 1.68. The molecule has 0 fully saturated rings. The molecule has 0 amide bonds. The van der Waals surface area contributed by atoms with Crippen molar-refractivity contribution in [1.29, 1.82) is 0 Å². The Hall–Kier alpha value is -1.95. The first-order chi connectivity index (χ1) is 8.99. The van der Waals surface area contributed by atoms with Crippen LogP contribution in [0.4, 0.5) is 5.95 Å². The number of nitrogens with two attached hydrogens (primary N) is 1. The molecule has 0 unspecified atom stereocenters.